The van der Waals surface area contributed by atoms with Crippen LogP contribution in [-0.4, -0.2) is 37.3 Å². The van der Waals surface area contributed by atoms with E-state index >= 15 is 0 Å². The van der Waals surface area contributed by atoms with Gasteiger partial charge >= 0.3 is 0 Å². The molecule has 2 aromatic heterocycles. The largest absolute Gasteiger partial charge is 0.371 e. The molecule has 2 rings (SSSR count). The van der Waals surface area contributed by atoms with Crippen LogP contribution in [0, 0.1) is 0 Å². The van der Waals surface area contributed by atoms with E-state index in [0.29, 0.717) is 5.65 Å². The summed E-state index contributed by atoms with van der Waals surface area (Å²) in [6.45, 7) is -0.0547. The van der Waals surface area contributed by atoms with Crippen LogP contribution in [0.3, 0.4) is 0 Å². The molecular formula is C11H15N5O3S. The quantitative estimate of drug-likeness (QED) is 0.666. The van der Waals surface area contributed by atoms with E-state index in [2.05, 4.69) is 15.0 Å². The Labute approximate surface area is 116 Å². The van der Waals surface area contributed by atoms with Crippen molar-refractivity contribution in [1.29, 1.82) is 0 Å². The molecule has 1 amide bonds. The van der Waals surface area contributed by atoms with E-state index in [4.69, 9.17) is 5.73 Å². The molecule has 0 aliphatic rings. The normalized spacial score (nSPS) is 11.7. The van der Waals surface area contributed by atoms with Crippen molar-refractivity contribution in [3.8, 4) is 0 Å². The maximum absolute atomic E-state index is 12.3. The van der Waals surface area contributed by atoms with E-state index in [1.165, 1.54) is 4.40 Å². The maximum Gasteiger partial charge on any atom is 0.260 e. The Balaban J connectivity index is 2.42. The number of rotatable bonds is 6. The Morgan fingerprint density at radius 3 is 2.85 bits per heavy atom. The molecule has 2 heterocycles. The minimum atomic E-state index is -3.80. The number of amides is 1. The fourth-order valence-corrected chi connectivity index (χ4v) is 3.09. The predicted molar refractivity (Wildman–Crippen MR) is 73.7 cm³/mol. The number of nitrogens with one attached hydrogen (secondary N) is 2. The zero-order valence-corrected chi connectivity index (χ0v) is 11.6. The molecule has 0 fully saturated rings. The van der Waals surface area contributed by atoms with Crippen LogP contribution in [0.4, 0.5) is 5.82 Å². The lowest BCUT2D eigenvalue weighted by Crippen LogP contribution is -2.29. The van der Waals surface area contributed by atoms with Gasteiger partial charge in [0.15, 0.2) is 10.8 Å². The number of hydrogen-bond acceptors (Lipinski definition) is 5. The number of carbonyl (C=O) groups excluding carboxylic acids is 1. The molecule has 0 aliphatic carbocycles. The van der Waals surface area contributed by atoms with E-state index in [9.17, 15) is 13.2 Å². The topological polar surface area (TPSA) is 119 Å². The first-order valence-corrected chi connectivity index (χ1v) is 7.37. The number of fused-ring (bicyclic) bond motifs is 1. The van der Waals surface area contributed by atoms with Gasteiger partial charge in [-0.15, -0.1) is 0 Å². The lowest BCUT2D eigenvalue weighted by molar-refractivity contribution is -0.117. The van der Waals surface area contributed by atoms with Gasteiger partial charge in [0, 0.05) is 26.2 Å². The number of hydrogen-bond donors (Lipinski definition) is 3. The minimum Gasteiger partial charge on any atom is -0.371 e. The highest BCUT2D eigenvalue weighted by molar-refractivity contribution is 7.89. The highest BCUT2D eigenvalue weighted by Gasteiger charge is 2.24. The molecule has 4 N–H and O–H groups in total. The van der Waals surface area contributed by atoms with Crippen molar-refractivity contribution in [2.45, 2.75) is 11.4 Å². The molecule has 0 saturated heterocycles. The van der Waals surface area contributed by atoms with Gasteiger partial charge in [0.05, 0.1) is 0 Å². The molecule has 20 heavy (non-hydrogen) atoms. The summed E-state index contributed by atoms with van der Waals surface area (Å²) in [5.74, 6) is -0.331. The zero-order chi connectivity index (χ0) is 14.8. The van der Waals surface area contributed by atoms with E-state index < -0.39 is 15.9 Å². The number of nitrogens with two attached hydrogens (primary N) is 1. The number of imidazole rings is 1. The van der Waals surface area contributed by atoms with Crippen LogP contribution in [0.5, 0.6) is 0 Å². The smallest absolute Gasteiger partial charge is 0.260 e. The molecular weight excluding hydrogens is 282 g/mol. The van der Waals surface area contributed by atoms with Crippen molar-refractivity contribution in [3.05, 3.63) is 24.4 Å². The van der Waals surface area contributed by atoms with Gasteiger partial charge in [-0.3, -0.25) is 9.20 Å². The minimum absolute atomic E-state index is 0.0000652. The first-order chi connectivity index (χ1) is 9.45. The average Bonchev–Trinajstić information content (AvgIpc) is 2.77. The molecule has 0 aromatic carbocycles. The molecule has 9 heteroatoms. The maximum atomic E-state index is 12.3. The molecule has 0 atom stereocenters. The van der Waals surface area contributed by atoms with Crippen LogP contribution < -0.4 is 15.8 Å². The van der Waals surface area contributed by atoms with Gasteiger partial charge in [0.1, 0.15) is 5.65 Å². The lowest BCUT2D eigenvalue weighted by atomic mass is 10.4. The van der Waals surface area contributed by atoms with Gasteiger partial charge in [0.2, 0.25) is 5.91 Å². The summed E-state index contributed by atoms with van der Waals surface area (Å²) >= 11 is 0. The van der Waals surface area contributed by atoms with Gasteiger partial charge in [-0.1, -0.05) is 6.07 Å². The first kappa shape index (κ1) is 14.3. The third-order valence-electron chi connectivity index (χ3n) is 2.64. The molecule has 0 bridgehead atoms. The summed E-state index contributed by atoms with van der Waals surface area (Å²) in [5, 5.41) is 2.75. The van der Waals surface area contributed by atoms with Crippen LogP contribution in [-0.2, 0) is 14.8 Å². The lowest BCUT2D eigenvalue weighted by Gasteiger charge is -2.07. The fourth-order valence-electron chi connectivity index (χ4n) is 1.77. The molecule has 0 unspecified atom stereocenters. The highest BCUT2D eigenvalue weighted by Crippen LogP contribution is 2.21. The molecule has 0 saturated carbocycles. The summed E-state index contributed by atoms with van der Waals surface area (Å²) in [6, 6.07) is 5.17. The second-order valence-electron chi connectivity index (χ2n) is 4.06. The Kier molecular flexibility index (Phi) is 3.91. The zero-order valence-electron chi connectivity index (χ0n) is 10.8. The van der Waals surface area contributed by atoms with E-state index in [0.717, 1.165) is 0 Å². The molecule has 0 radical (unpaired) electrons. The monoisotopic (exact) mass is 297 g/mol. The van der Waals surface area contributed by atoms with Gasteiger partial charge < -0.3 is 11.1 Å². The summed E-state index contributed by atoms with van der Waals surface area (Å²) < 4.78 is 28.4. The Morgan fingerprint density at radius 1 is 1.45 bits per heavy atom. The van der Waals surface area contributed by atoms with Gasteiger partial charge in [-0.05, 0) is 12.1 Å². The summed E-state index contributed by atoms with van der Waals surface area (Å²) in [5.41, 5.74) is 5.49. The standard InChI is InChI=1S/C11H15N5O3S/c1-13-10-11(16-7-3-2-4-9(16)15-10)20(18,19)14-6-5-8(12)17/h2-4,7,13-14H,5-6H2,1H3,(H2,12,17). The van der Waals surface area contributed by atoms with Crippen molar-refractivity contribution in [2.75, 3.05) is 18.9 Å². The van der Waals surface area contributed by atoms with E-state index in [1.54, 1.807) is 31.4 Å². The molecule has 2 aromatic rings. The van der Waals surface area contributed by atoms with Crippen LogP contribution in [0.25, 0.3) is 5.65 Å². The van der Waals surface area contributed by atoms with Crippen LogP contribution in [0.15, 0.2) is 29.4 Å². The van der Waals surface area contributed by atoms with Crippen LogP contribution in [0.2, 0.25) is 0 Å². The second kappa shape index (κ2) is 5.47. The van der Waals surface area contributed by atoms with Crippen molar-refractivity contribution in [2.24, 2.45) is 5.73 Å². The number of sulfonamides is 1. The summed E-state index contributed by atoms with van der Waals surface area (Å²) in [4.78, 5) is 14.8. The fraction of sp³-hybridized carbons (Fsp3) is 0.273. The van der Waals surface area contributed by atoms with Crippen molar-refractivity contribution in [1.82, 2.24) is 14.1 Å². The van der Waals surface area contributed by atoms with Crippen molar-refractivity contribution >= 4 is 27.4 Å². The molecule has 8 nitrogen and oxygen atoms in total. The van der Waals surface area contributed by atoms with Gasteiger partial charge in [-0.2, -0.15) is 0 Å². The van der Waals surface area contributed by atoms with Crippen LogP contribution >= 0.6 is 0 Å². The number of anilines is 1. The molecule has 0 spiro atoms. The number of primary amides is 1. The number of aromatic nitrogens is 2. The van der Waals surface area contributed by atoms with Crippen molar-refractivity contribution in [3.63, 3.8) is 0 Å². The highest BCUT2D eigenvalue weighted by atomic mass is 32.2. The van der Waals surface area contributed by atoms with Crippen molar-refractivity contribution < 1.29 is 13.2 Å². The third kappa shape index (κ3) is 2.73. The first-order valence-electron chi connectivity index (χ1n) is 5.88. The van der Waals surface area contributed by atoms with E-state index in [1.807, 2.05) is 0 Å². The number of carbonyl (C=O) groups is 1. The second-order valence-corrected chi connectivity index (χ2v) is 5.74. The summed E-state index contributed by atoms with van der Waals surface area (Å²) in [6.07, 6.45) is 1.54. The van der Waals surface area contributed by atoms with Gasteiger partial charge in [-0.25, -0.2) is 18.1 Å². The van der Waals surface area contributed by atoms with Gasteiger partial charge in [0.25, 0.3) is 10.0 Å². The molecule has 108 valence electrons. The Morgan fingerprint density at radius 2 is 2.20 bits per heavy atom. The SMILES string of the molecule is CNc1nc2ccccn2c1S(=O)(=O)NCCC(N)=O. The average molecular weight is 297 g/mol. The Bertz CT molecular complexity index is 738. The summed E-state index contributed by atoms with van der Waals surface area (Å²) in [7, 11) is -2.21. The molecule has 0 aliphatic heterocycles. The van der Waals surface area contributed by atoms with E-state index in [-0.39, 0.29) is 23.8 Å². The number of pyridine rings is 1. The number of nitrogens with zero attached hydrogens (tertiary/aromatic N) is 2. The predicted octanol–water partition coefficient (Wildman–Crippen LogP) is -0.470. The Hall–Kier alpha value is -2.13. The third-order valence-corrected chi connectivity index (χ3v) is 4.12. The van der Waals surface area contributed by atoms with Crippen LogP contribution in [0.1, 0.15) is 6.42 Å².